The number of rotatable bonds is 13. The molecule has 41 heavy (non-hydrogen) atoms. The highest BCUT2D eigenvalue weighted by atomic mass is 16.6. The molecule has 0 heterocycles. The summed E-state index contributed by atoms with van der Waals surface area (Å²) >= 11 is 0. The fourth-order valence-corrected chi connectivity index (χ4v) is 4.76. The summed E-state index contributed by atoms with van der Waals surface area (Å²) in [4.78, 5) is 12.9. The minimum Gasteiger partial charge on any atom is -0.445 e. The van der Waals surface area contributed by atoms with E-state index in [1.807, 2.05) is 127 Å². The fourth-order valence-electron chi connectivity index (χ4n) is 4.76. The van der Waals surface area contributed by atoms with Crippen LogP contribution >= 0.6 is 0 Å². The quantitative estimate of drug-likeness (QED) is 0.190. The van der Waals surface area contributed by atoms with E-state index in [4.69, 9.17) is 18.9 Å². The molecule has 0 spiro atoms. The molecule has 6 nitrogen and oxygen atoms in total. The van der Waals surface area contributed by atoms with Gasteiger partial charge in [0.1, 0.15) is 18.8 Å². The Kier molecular flexibility index (Phi) is 10.3. The molecule has 0 saturated heterocycles. The smallest absolute Gasteiger partial charge is 0.408 e. The topological polar surface area (TPSA) is 66.0 Å². The highest BCUT2D eigenvalue weighted by Gasteiger charge is 2.40. The first kappa shape index (κ1) is 28.3. The Balaban J connectivity index is 1.31. The largest absolute Gasteiger partial charge is 0.445 e. The Bertz CT molecular complexity index is 1360. The van der Waals surface area contributed by atoms with Gasteiger partial charge in [0.05, 0.1) is 32.5 Å². The van der Waals surface area contributed by atoms with Crippen molar-refractivity contribution in [3.05, 3.63) is 155 Å². The number of nitrogens with one attached hydrogen (secondary N) is 1. The van der Waals surface area contributed by atoms with Gasteiger partial charge in [0.25, 0.3) is 0 Å². The maximum absolute atomic E-state index is 12.9. The number of carbonyl (C=O) groups is 1. The Labute approximate surface area is 241 Å². The van der Waals surface area contributed by atoms with Gasteiger partial charge in [0.2, 0.25) is 0 Å². The van der Waals surface area contributed by atoms with Crippen molar-refractivity contribution in [1.29, 1.82) is 0 Å². The minimum atomic E-state index is -0.517. The lowest BCUT2D eigenvalue weighted by Crippen LogP contribution is -2.46. The van der Waals surface area contributed by atoms with E-state index in [0.717, 1.165) is 27.8 Å². The summed E-state index contributed by atoms with van der Waals surface area (Å²) in [6.07, 6.45) is 0.574. The van der Waals surface area contributed by atoms with E-state index in [2.05, 4.69) is 5.32 Å². The minimum absolute atomic E-state index is 0.180. The van der Waals surface area contributed by atoms with Gasteiger partial charge in [0.15, 0.2) is 0 Å². The van der Waals surface area contributed by atoms with Crippen LogP contribution in [0.3, 0.4) is 0 Å². The molecule has 1 aliphatic carbocycles. The first-order valence-electron chi connectivity index (χ1n) is 13.8. The first-order chi connectivity index (χ1) is 20.2. The summed E-state index contributed by atoms with van der Waals surface area (Å²) in [7, 11) is 0. The van der Waals surface area contributed by atoms with Crippen LogP contribution in [0.1, 0.15) is 22.3 Å². The Morgan fingerprint density at radius 1 is 0.561 bits per heavy atom. The van der Waals surface area contributed by atoms with E-state index < -0.39 is 24.3 Å². The van der Waals surface area contributed by atoms with Gasteiger partial charge in [-0.3, -0.25) is 0 Å². The van der Waals surface area contributed by atoms with E-state index in [9.17, 15) is 4.79 Å². The Morgan fingerprint density at radius 2 is 1.02 bits per heavy atom. The average Bonchev–Trinajstić information content (AvgIpc) is 3.35. The standard InChI is InChI=1S/C35H35NO5/c37-35(41-25-30-19-11-4-12-20-30)36-32-21-31(26-38-22-27-13-5-1-6-14-27)33(39-23-28-15-7-2-8-16-28)34(32)40-24-29-17-9-3-10-18-29/h1-21,32-34H,22-26H2,(H,36,37)/t32-,33-,34+/m0/s1. The molecule has 0 unspecified atom stereocenters. The molecule has 4 aromatic carbocycles. The molecular formula is C35H35NO5. The van der Waals surface area contributed by atoms with Crippen molar-refractivity contribution in [2.75, 3.05) is 6.61 Å². The molecule has 0 aliphatic heterocycles. The van der Waals surface area contributed by atoms with Gasteiger partial charge in [-0.25, -0.2) is 4.79 Å². The molecule has 1 N–H and O–H groups in total. The van der Waals surface area contributed by atoms with Gasteiger partial charge in [0, 0.05) is 0 Å². The fraction of sp³-hybridized carbons (Fsp3) is 0.229. The second-order valence-corrected chi connectivity index (χ2v) is 9.93. The lowest BCUT2D eigenvalue weighted by molar-refractivity contribution is -0.0727. The molecule has 3 atom stereocenters. The lowest BCUT2D eigenvalue weighted by atomic mass is 10.1. The number of hydrogen-bond donors (Lipinski definition) is 1. The lowest BCUT2D eigenvalue weighted by Gasteiger charge is -2.28. The maximum atomic E-state index is 12.9. The normalized spacial score (nSPS) is 18.0. The van der Waals surface area contributed by atoms with Crippen LogP contribution < -0.4 is 5.32 Å². The molecule has 5 rings (SSSR count). The van der Waals surface area contributed by atoms with E-state index in [1.165, 1.54) is 0 Å². The molecule has 0 bridgehead atoms. The summed E-state index contributed by atoms with van der Waals surface area (Å²) in [5.41, 5.74) is 5.01. The zero-order chi connectivity index (χ0) is 28.1. The Hall–Kier alpha value is -4.23. The second kappa shape index (κ2) is 15.0. The summed E-state index contributed by atoms with van der Waals surface area (Å²) < 4.78 is 24.6. The SMILES string of the molecule is O=C(N[C@H]1C=C(COCc2ccccc2)[C@H](OCc2ccccc2)[C@@H]1OCc1ccccc1)OCc1ccccc1. The third-order valence-electron chi connectivity index (χ3n) is 6.85. The summed E-state index contributed by atoms with van der Waals surface area (Å²) in [6, 6.07) is 39.2. The van der Waals surface area contributed by atoms with Gasteiger partial charge >= 0.3 is 6.09 Å². The van der Waals surface area contributed by atoms with E-state index in [-0.39, 0.29) is 6.61 Å². The molecule has 0 radical (unpaired) electrons. The van der Waals surface area contributed by atoms with Gasteiger partial charge < -0.3 is 24.3 Å². The molecule has 1 amide bonds. The number of alkyl carbamates (subject to hydrolysis) is 1. The highest BCUT2D eigenvalue weighted by Crippen LogP contribution is 2.29. The zero-order valence-corrected chi connectivity index (χ0v) is 22.9. The molecule has 1 aliphatic rings. The van der Waals surface area contributed by atoms with E-state index in [1.54, 1.807) is 0 Å². The molecule has 0 fully saturated rings. The van der Waals surface area contributed by atoms with Crippen LogP contribution in [0.5, 0.6) is 0 Å². The van der Waals surface area contributed by atoms with Crippen LogP contribution in [-0.2, 0) is 45.4 Å². The number of carbonyl (C=O) groups excluding carboxylic acids is 1. The first-order valence-corrected chi connectivity index (χ1v) is 13.8. The van der Waals surface area contributed by atoms with E-state index in [0.29, 0.717) is 26.4 Å². The van der Waals surface area contributed by atoms with Crippen LogP contribution in [0, 0.1) is 0 Å². The molecular weight excluding hydrogens is 514 g/mol. The van der Waals surface area contributed by atoms with Crippen molar-refractivity contribution in [2.45, 2.75) is 44.7 Å². The van der Waals surface area contributed by atoms with Crippen LogP contribution in [0.2, 0.25) is 0 Å². The van der Waals surface area contributed by atoms with Crippen molar-refractivity contribution in [1.82, 2.24) is 5.32 Å². The summed E-state index contributed by atoms with van der Waals surface area (Å²) in [6.45, 7) is 1.77. The van der Waals surface area contributed by atoms with E-state index >= 15 is 0 Å². The molecule has 6 heteroatoms. The number of hydrogen-bond acceptors (Lipinski definition) is 5. The molecule has 210 valence electrons. The van der Waals surface area contributed by atoms with Crippen molar-refractivity contribution >= 4 is 6.09 Å². The molecule has 0 saturated carbocycles. The summed E-state index contributed by atoms with van der Waals surface area (Å²) in [5.74, 6) is 0. The van der Waals surface area contributed by atoms with Crippen LogP contribution in [0.4, 0.5) is 4.79 Å². The number of ether oxygens (including phenoxy) is 4. The predicted octanol–water partition coefficient (Wildman–Crippen LogP) is 6.61. The van der Waals surface area contributed by atoms with Crippen LogP contribution in [-0.4, -0.2) is 30.9 Å². The maximum Gasteiger partial charge on any atom is 0.408 e. The molecule has 0 aromatic heterocycles. The van der Waals surface area contributed by atoms with Gasteiger partial charge in [-0.15, -0.1) is 0 Å². The molecule has 4 aromatic rings. The average molecular weight is 550 g/mol. The van der Waals surface area contributed by atoms with Crippen molar-refractivity contribution < 1.29 is 23.7 Å². The third kappa shape index (κ3) is 8.63. The number of amides is 1. The van der Waals surface area contributed by atoms with Gasteiger partial charge in [-0.2, -0.15) is 0 Å². The summed E-state index contributed by atoms with van der Waals surface area (Å²) in [5, 5.41) is 3.00. The number of benzene rings is 4. The van der Waals surface area contributed by atoms with Gasteiger partial charge in [-0.1, -0.05) is 127 Å². The van der Waals surface area contributed by atoms with Crippen molar-refractivity contribution in [2.24, 2.45) is 0 Å². The van der Waals surface area contributed by atoms with Crippen LogP contribution in [0.15, 0.2) is 133 Å². The van der Waals surface area contributed by atoms with Gasteiger partial charge in [-0.05, 0) is 27.8 Å². The van der Waals surface area contributed by atoms with Crippen molar-refractivity contribution in [3.8, 4) is 0 Å². The highest BCUT2D eigenvalue weighted by molar-refractivity contribution is 5.68. The monoisotopic (exact) mass is 549 g/mol. The predicted molar refractivity (Wildman–Crippen MR) is 158 cm³/mol. The van der Waals surface area contributed by atoms with Crippen LogP contribution in [0.25, 0.3) is 0 Å². The van der Waals surface area contributed by atoms with Crippen molar-refractivity contribution in [3.63, 3.8) is 0 Å². The zero-order valence-electron chi connectivity index (χ0n) is 22.9. The second-order valence-electron chi connectivity index (χ2n) is 9.93. The third-order valence-corrected chi connectivity index (χ3v) is 6.85. The Morgan fingerprint density at radius 3 is 1.56 bits per heavy atom.